The molecule has 0 saturated carbocycles. The highest BCUT2D eigenvalue weighted by Crippen LogP contribution is 2.20. The molecule has 0 fully saturated rings. The topological polar surface area (TPSA) is 0 Å². The van der Waals surface area contributed by atoms with Crippen molar-refractivity contribution in [3.05, 3.63) is 35.9 Å². The summed E-state index contributed by atoms with van der Waals surface area (Å²) in [6.45, 7) is 12.3. The van der Waals surface area contributed by atoms with Crippen molar-refractivity contribution in [1.29, 1.82) is 0 Å². The molecular weight excluding hydrogens is 362 g/mol. The van der Waals surface area contributed by atoms with Crippen LogP contribution in [-0.4, -0.2) is 24.1 Å². The summed E-state index contributed by atoms with van der Waals surface area (Å²) in [5.74, 6) is 0. The van der Waals surface area contributed by atoms with E-state index in [1.54, 1.807) is 0 Å². The summed E-state index contributed by atoms with van der Waals surface area (Å²) in [4.78, 5) is 0. The molecule has 0 saturated heterocycles. The van der Waals surface area contributed by atoms with Gasteiger partial charge in [0.15, 0.2) is 0 Å². The first-order valence-electron chi connectivity index (χ1n) is 13.7. The van der Waals surface area contributed by atoms with Gasteiger partial charge in [-0.15, -0.1) is 0 Å². The van der Waals surface area contributed by atoms with Gasteiger partial charge in [-0.3, -0.25) is 0 Å². The molecule has 1 heteroatoms. The maximum atomic E-state index is 2.36. The lowest BCUT2D eigenvalue weighted by Crippen LogP contribution is -2.49. The highest BCUT2D eigenvalue weighted by molar-refractivity contribution is 5.13. The summed E-state index contributed by atoms with van der Waals surface area (Å²) in [5, 5.41) is 0. The van der Waals surface area contributed by atoms with Crippen LogP contribution in [0.25, 0.3) is 0 Å². The van der Waals surface area contributed by atoms with Crippen molar-refractivity contribution >= 4 is 0 Å². The highest BCUT2D eigenvalue weighted by atomic mass is 15.3. The zero-order chi connectivity index (χ0) is 21.8. The highest BCUT2D eigenvalue weighted by Gasteiger charge is 2.25. The van der Waals surface area contributed by atoms with Crippen LogP contribution in [0.4, 0.5) is 0 Å². The van der Waals surface area contributed by atoms with Gasteiger partial charge in [-0.2, -0.15) is 0 Å². The van der Waals surface area contributed by atoms with Gasteiger partial charge in [0, 0.05) is 5.56 Å². The quantitative estimate of drug-likeness (QED) is 0.138. The fraction of sp³-hybridized carbons (Fsp3) is 0.793. The molecule has 0 aromatic heterocycles. The monoisotopic (exact) mass is 416 g/mol. The van der Waals surface area contributed by atoms with Crippen molar-refractivity contribution < 1.29 is 4.48 Å². The third-order valence-corrected chi connectivity index (χ3v) is 6.74. The summed E-state index contributed by atoms with van der Waals surface area (Å²) in [7, 11) is 0. The molecule has 30 heavy (non-hydrogen) atoms. The molecule has 0 atom stereocenters. The van der Waals surface area contributed by atoms with Crippen LogP contribution in [0.2, 0.25) is 0 Å². The molecule has 0 heterocycles. The number of unbranched alkanes of at least 4 members (excludes halogenated alkanes) is 13. The molecule has 1 aromatic rings. The van der Waals surface area contributed by atoms with Crippen LogP contribution >= 0.6 is 0 Å². The molecule has 0 aliphatic rings. The van der Waals surface area contributed by atoms with E-state index in [2.05, 4.69) is 51.1 Å². The van der Waals surface area contributed by atoms with E-state index < -0.39 is 0 Å². The number of rotatable bonds is 21. The largest absolute Gasteiger partial charge is 0.320 e. The molecule has 0 aliphatic carbocycles. The second-order valence-electron chi connectivity index (χ2n) is 9.75. The Morgan fingerprint density at radius 1 is 0.467 bits per heavy atom. The summed E-state index contributed by atoms with van der Waals surface area (Å²) >= 11 is 0. The first-order valence-corrected chi connectivity index (χ1v) is 13.7. The van der Waals surface area contributed by atoms with E-state index in [4.69, 9.17) is 0 Å². The molecule has 0 N–H and O–H groups in total. The van der Waals surface area contributed by atoms with Gasteiger partial charge < -0.3 is 4.48 Å². The first kappa shape index (κ1) is 27.2. The number of nitrogens with zero attached hydrogens (tertiary/aromatic N) is 1. The number of quaternary nitrogens is 1. The normalized spacial score (nSPS) is 11.8. The summed E-state index contributed by atoms with van der Waals surface area (Å²) in [5.41, 5.74) is 1.52. The van der Waals surface area contributed by atoms with Crippen molar-refractivity contribution in [2.75, 3.05) is 19.6 Å². The predicted octanol–water partition coefficient (Wildman–Crippen LogP) is 9.30. The van der Waals surface area contributed by atoms with E-state index in [9.17, 15) is 0 Å². The van der Waals surface area contributed by atoms with Gasteiger partial charge in [-0.05, 0) is 25.7 Å². The second kappa shape index (κ2) is 18.9. The molecule has 1 rings (SSSR count). The van der Waals surface area contributed by atoms with Crippen LogP contribution in [0.3, 0.4) is 0 Å². The molecule has 0 spiro atoms. The zero-order valence-electron chi connectivity index (χ0n) is 21.0. The van der Waals surface area contributed by atoms with Gasteiger partial charge in [-0.25, -0.2) is 0 Å². The Morgan fingerprint density at radius 3 is 1.33 bits per heavy atom. The van der Waals surface area contributed by atoms with Crippen LogP contribution < -0.4 is 0 Å². The molecule has 0 aliphatic heterocycles. The predicted molar refractivity (Wildman–Crippen MR) is 136 cm³/mol. The van der Waals surface area contributed by atoms with Crippen molar-refractivity contribution in [1.82, 2.24) is 0 Å². The minimum absolute atomic E-state index is 1.22. The van der Waals surface area contributed by atoms with E-state index >= 15 is 0 Å². The molecule has 0 amide bonds. The third kappa shape index (κ3) is 13.5. The first-order chi connectivity index (χ1) is 14.8. The molecule has 0 bridgehead atoms. The fourth-order valence-electron chi connectivity index (χ4n) is 5.13. The number of benzene rings is 1. The maximum Gasteiger partial charge on any atom is 0.104 e. The van der Waals surface area contributed by atoms with Gasteiger partial charge >= 0.3 is 0 Å². The van der Waals surface area contributed by atoms with Crippen molar-refractivity contribution in [3.8, 4) is 0 Å². The lowest BCUT2D eigenvalue weighted by atomic mass is 10.0. The number of hydrogen-bond acceptors (Lipinski definition) is 0. The van der Waals surface area contributed by atoms with Crippen molar-refractivity contribution in [2.45, 2.75) is 130 Å². The lowest BCUT2D eigenvalue weighted by Gasteiger charge is -2.39. The van der Waals surface area contributed by atoms with Gasteiger partial charge in [0.2, 0.25) is 0 Å². The van der Waals surface area contributed by atoms with Gasteiger partial charge in [0.1, 0.15) is 6.54 Å². The van der Waals surface area contributed by atoms with E-state index in [0.717, 1.165) is 0 Å². The number of hydrogen-bond donors (Lipinski definition) is 0. The lowest BCUT2D eigenvalue weighted by molar-refractivity contribution is -0.941. The standard InChI is InChI=1S/C29H54N/c1-4-7-8-9-10-11-12-13-14-15-16-17-18-22-27-30(25-5-2,26-6-3)28-29-23-20-19-21-24-29/h19-21,23-24H,4-18,22,25-28H2,1-3H3/q+1. The molecule has 1 aromatic carbocycles. The Kier molecular flexibility index (Phi) is 17.2. The molecule has 0 unspecified atom stereocenters. The Balaban J connectivity index is 2.14. The van der Waals surface area contributed by atoms with Crippen LogP contribution in [0, 0.1) is 0 Å². The van der Waals surface area contributed by atoms with Crippen LogP contribution in [0.15, 0.2) is 30.3 Å². The van der Waals surface area contributed by atoms with E-state index in [0.29, 0.717) is 0 Å². The summed E-state index contributed by atoms with van der Waals surface area (Å²) in [6.07, 6.45) is 22.9. The second-order valence-corrected chi connectivity index (χ2v) is 9.75. The average molecular weight is 417 g/mol. The van der Waals surface area contributed by atoms with Gasteiger partial charge in [-0.1, -0.05) is 128 Å². The third-order valence-electron chi connectivity index (χ3n) is 6.74. The molecule has 0 radical (unpaired) electrons. The minimum atomic E-state index is 1.22. The van der Waals surface area contributed by atoms with E-state index in [-0.39, 0.29) is 0 Å². The Bertz CT molecular complexity index is 461. The Hall–Kier alpha value is -0.820. The Morgan fingerprint density at radius 2 is 0.900 bits per heavy atom. The Labute approximate surface area is 190 Å². The summed E-state index contributed by atoms with van der Waals surface area (Å²) < 4.78 is 1.30. The van der Waals surface area contributed by atoms with Gasteiger partial charge in [0.25, 0.3) is 0 Å². The fourth-order valence-corrected chi connectivity index (χ4v) is 5.13. The molecule has 1 nitrogen and oxygen atoms in total. The summed E-state index contributed by atoms with van der Waals surface area (Å²) in [6, 6.07) is 11.2. The van der Waals surface area contributed by atoms with Crippen LogP contribution in [-0.2, 0) is 6.54 Å². The molecular formula is C29H54N+. The van der Waals surface area contributed by atoms with E-state index in [1.165, 1.54) is 139 Å². The van der Waals surface area contributed by atoms with Crippen molar-refractivity contribution in [2.24, 2.45) is 0 Å². The minimum Gasteiger partial charge on any atom is -0.320 e. The van der Waals surface area contributed by atoms with Crippen molar-refractivity contribution in [3.63, 3.8) is 0 Å². The van der Waals surface area contributed by atoms with Crippen LogP contribution in [0.1, 0.15) is 129 Å². The smallest absolute Gasteiger partial charge is 0.104 e. The van der Waals surface area contributed by atoms with E-state index in [1.807, 2.05) is 0 Å². The van der Waals surface area contributed by atoms with Gasteiger partial charge in [0.05, 0.1) is 19.6 Å². The SMILES string of the molecule is CCCCCCCCCCCCCCCC[N+](CCC)(CCC)Cc1ccccc1. The maximum absolute atomic E-state index is 2.36. The zero-order valence-corrected chi connectivity index (χ0v) is 21.0. The van der Waals surface area contributed by atoms with Crippen LogP contribution in [0.5, 0.6) is 0 Å². The average Bonchev–Trinajstić information content (AvgIpc) is 2.75. The molecule has 174 valence electrons.